The summed E-state index contributed by atoms with van der Waals surface area (Å²) in [6.07, 6.45) is 13.8. The Hall–Kier alpha value is -4.26. The minimum absolute atomic E-state index is 0.0241. The molecule has 47 heavy (non-hydrogen) atoms. The number of nitrogen functional groups attached to an aromatic ring is 1. The van der Waals surface area contributed by atoms with Gasteiger partial charge in [0.2, 0.25) is 5.95 Å². The molecule has 2 aliphatic heterocycles. The van der Waals surface area contributed by atoms with Crippen LogP contribution in [0, 0.1) is 22.7 Å². The van der Waals surface area contributed by atoms with Crippen LogP contribution in [-0.2, 0) is 21.4 Å². The highest BCUT2D eigenvalue weighted by Crippen LogP contribution is 2.61. The maximum atomic E-state index is 13.1. The van der Waals surface area contributed by atoms with Gasteiger partial charge in [-0.1, -0.05) is 38.2 Å². The topological polar surface area (TPSA) is 177 Å². The van der Waals surface area contributed by atoms with Gasteiger partial charge >= 0.3 is 5.97 Å². The standard InChI is InChI=1S/C35H43N7O5/c1-19-25(7-6-21-12-23(47-32(21)46)13-22-17-42(5)31-24(22)16-39-33(36)41-31)34(3)9-8-29(45)35(4,18-43)28(34)14-26(19)40-20(2)27(44)15-30-37-10-11-38-30/h6-7,10,12-13,16-17,20,25-26,28-29,40,43,45H,1,8-9,11,14-15,18H2,2-5H3,(H2,36,39,41)/b7-6+,23-13+/t20?,25?,26?,28?,29-,34-,35+/m1/s1. The van der Waals surface area contributed by atoms with Crippen molar-refractivity contribution >= 4 is 46.9 Å². The highest BCUT2D eigenvalue weighted by Gasteiger charge is 2.59. The van der Waals surface area contributed by atoms with E-state index in [1.807, 2.05) is 37.7 Å². The number of anilines is 1. The highest BCUT2D eigenvalue weighted by atomic mass is 16.5. The van der Waals surface area contributed by atoms with Crippen LogP contribution in [0.1, 0.15) is 52.0 Å². The van der Waals surface area contributed by atoms with E-state index < -0.39 is 23.5 Å². The van der Waals surface area contributed by atoms with Gasteiger partial charge in [-0.3, -0.25) is 9.79 Å². The fourth-order valence-electron chi connectivity index (χ4n) is 8.01. The Balaban J connectivity index is 1.29. The smallest absolute Gasteiger partial charge is 0.343 e. The van der Waals surface area contributed by atoms with Crippen LogP contribution in [0.2, 0.25) is 0 Å². The number of aryl methyl sites for hydroxylation is 1. The molecule has 2 aromatic rings. The number of ether oxygens (including phenoxy) is 1. The predicted octanol–water partition coefficient (Wildman–Crippen LogP) is 3.07. The number of nitrogens with two attached hydrogens (primary N) is 1. The van der Waals surface area contributed by atoms with Crippen molar-refractivity contribution in [3.63, 3.8) is 0 Å². The van der Waals surface area contributed by atoms with Crippen LogP contribution in [-0.4, -0.2) is 79.9 Å². The number of nitrogens with zero attached hydrogens (tertiary/aromatic N) is 5. The molecular formula is C35H43N7O5. The van der Waals surface area contributed by atoms with Gasteiger partial charge in [-0.2, -0.15) is 4.98 Å². The van der Waals surface area contributed by atoms with Gasteiger partial charge in [0.25, 0.3) is 0 Å². The van der Waals surface area contributed by atoms with Crippen molar-refractivity contribution in [2.45, 2.75) is 64.6 Å². The first kappa shape index (κ1) is 32.7. The zero-order chi connectivity index (χ0) is 33.7. The van der Waals surface area contributed by atoms with Gasteiger partial charge in [-0.25, -0.2) is 14.8 Å². The number of carbonyl (C=O) groups excluding carboxylic acids is 2. The maximum absolute atomic E-state index is 13.1. The van der Waals surface area contributed by atoms with Crippen molar-refractivity contribution in [3.05, 3.63) is 59.7 Å². The second kappa shape index (κ2) is 12.4. The molecule has 4 heterocycles. The molecule has 12 heteroatoms. The molecule has 0 bridgehead atoms. The van der Waals surface area contributed by atoms with Gasteiger partial charge < -0.3 is 30.6 Å². The van der Waals surface area contributed by atoms with E-state index in [-0.39, 0.29) is 48.1 Å². The summed E-state index contributed by atoms with van der Waals surface area (Å²) in [5.41, 5.74) is 7.39. The number of aliphatic imine (C=N–C) groups is 2. The molecule has 4 unspecified atom stereocenters. The highest BCUT2D eigenvalue weighted by molar-refractivity contribution is 6.07. The first-order valence-electron chi connectivity index (χ1n) is 16.1. The fourth-order valence-corrected chi connectivity index (χ4v) is 8.01. The van der Waals surface area contributed by atoms with Crippen LogP contribution < -0.4 is 11.1 Å². The van der Waals surface area contributed by atoms with Gasteiger partial charge in [-0.05, 0) is 49.7 Å². The van der Waals surface area contributed by atoms with Gasteiger partial charge in [0.15, 0.2) is 5.78 Å². The Morgan fingerprint density at radius 3 is 2.87 bits per heavy atom. The molecule has 2 aliphatic carbocycles. The molecule has 248 valence electrons. The van der Waals surface area contributed by atoms with Crippen molar-refractivity contribution < 1.29 is 24.5 Å². The number of carbonyl (C=O) groups is 2. The molecular weight excluding hydrogens is 598 g/mol. The van der Waals surface area contributed by atoms with E-state index in [0.717, 1.165) is 16.5 Å². The number of aromatic nitrogens is 3. The van der Waals surface area contributed by atoms with E-state index in [1.54, 1.807) is 30.6 Å². The lowest BCUT2D eigenvalue weighted by molar-refractivity contribution is -0.149. The van der Waals surface area contributed by atoms with E-state index in [4.69, 9.17) is 10.5 Å². The first-order valence-corrected chi connectivity index (χ1v) is 16.1. The summed E-state index contributed by atoms with van der Waals surface area (Å²) in [4.78, 5) is 43.0. The fraction of sp³-hybridized carbons (Fsp3) is 0.486. The summed E-state index contributed by atoms with van der Waals surface area (Å²) in [6.45, 7) is 10.8. The second-order valence-electron chi connectivity index (χ2n) is 13.8. The molecule has 6 rings (SSSR count). The van der Waals surface area contributed by atoms with Crippen molar-refractivity contribution in [3.8, 4) is 0 Å². The number of rotatable bonds is 9. The van der Waals surface area contributed by atoms with Crippen LogP contribution in [0.5, 0.6) is 0 Å². The molecule has 0 aromatic carbocycles. The number of ketones is 1. The third-order valence-electron chi connectivity index (χ3n) is 10.8. The molecule has 4 aliphatic rings. The van der Waals surface area contributed by atoms with E-state index in [9.17, 15) is 19.8 Å². The van der Waals surface area contributed by atoms with Crippen molar-refractivity contribution in [2.24, 2.45) is 39.7 Å². The number of aliphatic hydroxyl groups excluding tert-OH is 2. The molecule has 2 aromatic heterocycles. The van der Waals surface area contributed by atoms with Crippen LogP contribution >= 0.6 is 0 Å². The van der Waals surface area contributed by atoms with E-state index >= 15 is 0 Å². The minimum atomic E-state index is -0.755. The average Bonchev–Trinajstić information content (AvgIpc) is 3.75. The summed E-state index contributed by atoms with van der Waals surface area (Å²) < 4.78 is 7.46. The number of fused-ring (bicyclic) bond motifs is 2. The average molecular weight is 642 g/mol. The number of nitrogens with one attached hydrogen (secondary N) is 1. The van der Waals surface area contributed by atoms with E-state index in [1.165, 1.54) is 0 Å². The minimum Gasteiger partial charge on any atom is -0.423 e. The third kappa shape index (κ3) is 5.90. The van der Waals surface area contributed by atoms with Crippen molar-refractivity contribution in [1.82, 2.24) is 19.9 Å². The third-order valence-corrected chi connectivity index (χ3v) is 10.8. The Kier molecular flexibility index (Phi) is 8.62. The van der Waals surface area contributed by atoms with Crippen LogP contribution in [0.25, 0.3) is 17.1 Å². The van der Waals surface area contributed by atoms with Gasteiger partial charge in [0.05, 0.1) is 37.3 Å². The lowest BCUT2D eigenvalue weighted by atomic mass is 9.45. The molecule has 0 amide bonds. The maximum Gasteiger partial charge on any atom is 0.343 e. The molecule has 12 nitrogen and oxygen atoms in total. The zero-order valence-electron chi connectivity index (χ0n) is 27.3. The molecule has 0 spiro atoms. The number of allylic oxidation sites excluding steroid dienone is 2. The molecule has 0 saturated heterocycles. The first-order chi connectivity index (χ1) is 22.3. The number of hydrogen-bond donors (Lipinski definition) is 4. The van der Waals surface area contributed by atoms with Crippen molar-refractivity contribution in [2.75, 3.05) is 18.9 Å². The summed E-state index contributed by atoms with van der Waals surface area (Å²) in [6, 6.07) is -0.760. The van der Waals surface area contributed by atoms with Gasteiger partial charge in [0.1, 0.15) is 17.2 Å². The van der Waals surface area contributed by atoms with Crippen LogP contribution in [0.3, 0.4) is 0 Å². The number of amidine groups is 1. The van der Waals surface area contributed by atoms with Crippen LogP contribution in [0.4, 0.5) is 5.95 Å². The summed E-state index contributed by atoms with van der Waals surface area (Å²) >= 11 is 0. The van der Waals surface area contributed by atoms with Gasteiger partial charge in [-0.15, -0.1) is 0 Å². The van der Waals surface area contributed by atoms with E-state index in [2.05, 4.69) is 38.8 Å². The molecule has 7 atom stereocenters. The summed E-state index contributed by atoms with van der Waals surface area (Å²) in [5.74, 6) is 0.289. The predicted molar refractivity (Wildman–Crippen MR) is 180 cm³/mol. The lowest BCUT2D eigenvalue weighted by Gasteiger charge is -2.61. The monoisotopic (exact) mass is 641 g/mol. The molecule has 2 saturated carbocycles. The zero-order valence-corrected chi connectivity index (χ0v) is 27.3. The Labute approximate surface area is 273 Å². The Morgan fingerprint density at radius 1 is 1.36 bits per heavy atom. The van der Waals surface area contributed by atoms with Crippen LogP contribution in [0.15, 0.2) is 64.1 Å². The Morgan fingerprint density at radius 2 is 2.15 bits per heavy atom. The van der Waals surface area contributed by atoms with E-state index in [0.29, 0.717) is 48.6 Å². The molecule has 5 N–H and O–H groups in total. The summed E-state index contributed by atoms with van der Waals surface area (Å²) in [7, 11) is 1.86. The van der Waals surface area contributed by atoms with Gasteiger partial charge in [0, 0.05) is 54.0 Å². The molecule has 2 fully saturated rings. The second-order valence-corrected chi connectivity index (χ2v) is 13.8. The number of esters is 1. The normalized spacial score (nSPS) is 32.2. The number of Topliss-reactive ketones (excluding diaryl/α,β-unsaturated/α-hetero) is 1. The largest absolute Gasteiger partial charge is 0.423 e. The quantitative estimate of drug-likeness (QED) is 0.237. The Bertz CT molecular complexity index is 1790. The van der Waals surface area contributed by atoms with Crippen molar-refractivity contribution in [1.29, 1.82) is 0 Å². The molecule has 0 radical (unpaired) electrons. The summed E-state index contributed by atoms with van der Waals surface area (Å²) in [5, 5.41) is 26.0. The number of cyclic esters (lactones) is 1. The number of hydrogen-bond acceptors (Lipinski definition) is 11. The lowest BCUT2D eigenvalue weighted by Crippen LogP contribution is -2.61. The number of aliphatic hydroxyl groups is 2. The SMILES string of the molecule is C=C1C(NC(C)C(=O)CC2=NCC=N2)CC2[C@](C)(CC[C@@H](O)[C@@]2(C)CO)C1/C=C/C1=CC(=C\c2cn(C)c3nc(N)ncc23)/OC1=O.